The van der Waals surface area contributed by atoms with Gasteiger partial charge in [-0.15, -0.1) is 0 Å². The van der Waals surface area contributed by atoms with Gasteiger partial charge in [0.2, 0.25) is 12.7 Å². The van der Waals surface area contributed by atoms with Gasteiger partial charge in [0.1, 0.15) is 6.10 Å². The second-order valence-electron chi connectivity index (χ2n) is 7.27. The van der Waals surface area contributed by atoms with Gasteiger partial charge in [-0.1, -0.05) is 12.1 Å². The van der Waals surface area contributed by atoms with E-state index in [-0.39, 0.29) is 31.0 Å². The Bertz CT molecular complexity index is 1100. The van der Waals surface area contributed by atoms with E-state index in [1.165, 1.54) is 6.07 Å². The molecule has 0 bridgehead atoms. The lowest BCUT2D eigenvalue weighted by molar-refractivity contribution is -0.120. The summed E-state index contributed by atoms with van der Waals surface area (Å²) in [4.78, 5) is 16.6. The van der Waals surface area contributed by atoms with Gasteiger partial charge in [-0.25, -0.2) is 4.39 Å². The molecule has 5 rings (SSSR count). The Morgan fingerprint density at radius 1 is 1.13 bits per heavy atom. The maximum atomic E-state index is 14.5. The van der Waals surface area contributed by atoms with Gasteiger partial charge in [0.25, 0.3) is 0 Å². The summed E-state index contributed by atoms with van der Waals surface area (Å²) in [5.74, 6) is 1.03. The van der Waals surface area contributed by atoms with Gasteiger partial charge in [-0.2, -0.15) is 0 Å². The van der Waals surface area contributed by atoms with Crippen molar-refractivity contribution in [2.75, 3.05) is 13.3 Å². The molecule has 2 aliphatic heterocycles. The monoisotopic (exact) mass is 406 g/mol. The molecule has 30 heavy (non-hydrogen) atoms. The first-order chi connectivity index (χ1) is 14.7. The highest BCUT2D eigenvalue weighted by Crippen LogP contribution is 2.35. The molecule has 0 saturated carbocycles. The Balaban J connectivity index is 1.20. The van der Waals surface area contributed by atoms with Crippen LogP contribution in [0.15, 0.2) is 54.7 Å². The molecule has 2 aliphatic rings. The van der Waals surface area contributed by atoms with Crippen LogP contribution in [0, 0.1) is 5.82 Å². The average molecular weight is 406 g/mol. The molecule has 3 heterocycles. The zero-order valence-electron chi connectivity index (χ0n) is 16.1. The Hall–Kier alpha value is -3.61. The normalized spacial score (nSPS) is 16.1. The first kappa shape index (κ1) is 18.4. The quantitative estimate of drug-likeness (QED) is 0.704. The van der Waals surface area contributed by atoms with E-state index in [1.54, 1.807) is 18.3 Å². The molecule has 0 fully saturated rings. The smallest absolute Gasteiger partial charge is 0.231 e. The lowest BCUT2D eigenvalue weighted by atomic mass is 10.0. The lowest BCUT2D eigenvalue weighted by Crippen LogP contribution is -2.35. The highest BCUT2D eigenvalue weighted by molar-refractivity contribution is 5.79. The molecule has 2 aromatic carbocycles. The van der Waals surface area contributed by atoms with Crippen molar-refractivity contribution in [3.05, 3.63) is 71.7 Å². The number of amides is 1. The summed E-state index contributed by atoms with van der Waals surface area (Å²) in [7, 11) is 0. The molecule has 1 atom stereocenters. The van der Waals surface area contributed by atoms with Crippen LogP contribution in [0.3, 0.4) is 0 Å². The van der Waals surface area contributed by atoms with Gasteiger partial charge in [0.15, 0.2) is 23.1 Å². The molecule has 0 radical (unpaired) electrons. The van der Waals surface area contributed by atoms with Crippen molar-refractivity contribution >= 4 is 5.91 Å². The molecule has 0 saturated heterocycles. The number of rotatable bonds is 5. The first-order valence-corrected chi connectivity index (χ1v) is 9.71. The molecule has 0 spiro atoms. The van der Waals surface area contributed by atoms with E-state index in [4.69, 9.17) is 14.2 Å². The number of carbonyl (C=O) groups is 1. The third kappa shape index (κ3) is 3.66. The first-order valence-electron chi connectivity index (χ1n) is 9.71. The van der Waals surface area contributed by atoms with Crippen LogP contribution in [0.1, 0.15) is 11.1 Å². The maximum Gasteiger partial charge on any atom is 0.231 e. The summed E-state index contributed by atoms with van der Waals surface area (Å²) in [6, 6.07) is 14.3. The van der Waals surface area contributed by atoms with Crippen LogP contribution in [-0.2, 0) is 17.6 Å². The van der Waals surface area contributed by atoms with Gasteiger partial charge in [-0.05, 0) is 42.0 Å². The predicted octanol–water partition coefficient (Wildman–Crippen LogP) is 3.28. The van der Waals surface area contributed by atoms with Crippen molar-refractivity contribution in [3.8, 4) is 28.5 Å². The lowest BCUT2D eigenvalue weighted by Gasteiger charge is -2.12. The summed E-state index contributed by atoms with van der Waals surface area (Å²) in [6.07, 6.45) is 2.11. The molecular weight excluding hydrogens is 387 g/mol. The van der Waals surface area contributed by atoms with Crippen LogP contribution in [0.4, 0.5) is 4.39 Å². The zero-order valence-corrected chi connectivity index (χ0v) is 16.1. The molecule has 1 N–H and O–H groups in total. The number of halogens is 1. The maximum absolute atomic E-state index is 14.5. The van der Waals surface area contributed by atoms with Crippen LogP contribution in [0.2, 0.25) is 0 Å². The zero-order chi connectivity index (χ0) is 20.5. The number of pyridine rings is 1. The Labute approximate surface area is 172 Å². The summed E-state index contributed by atoms with van der Waals surface area (Å²) in [6.45, 7) is 0.500. The topological polar surface area (TPSA) is 69.7 Å². The van der Waals surface area contributed by atoms with Gasteiger partial charge in [0.05, 0.1) is 18.7 Å². The summed E-state index contributed by atoms with van der Waals surface area (Å²) in [5, 5.41) is 2.87. The number of fused-ring (bicyclic) bond motifs is 2. The standard InChI is InChI=1S/C23H19FN2O4/c24-18-11-15(19-3-1-2-6-25-19)9-16-10-17(30-23(16)18)12-26-22(27)8-14-4-5-20-21(7-14)29-13-28-20/h1-7,9,11,17H,8,10,12-13H2,(H,26,27). The largest absolute Gasteiger partial charge is 0.485 e. The van der Waals surface area contributed by atoms with E-state index in [2.05, 4.69) is 10.3 Å². The van der Waals surface area contributed by atoms with E-state index in [0.717, 1.165) is 11.1 Å². The second kappa shape index (κ2) is 7.67. The number of aromatic nitrogens is 1. The number of nitrogens with one attached hydrogen (secondary N) is 1. The molecule has 7 heteroatoms. The molecule has 1 unspecified atom stereocenters. The molecule has 152 valence electrons. The van der Waals surface area contributed by atoms with Crippen LogP contribution in [-0.4, -0.2) is 30.3 Å². The number of carbonyl (C=O) groups excluding carboxylic acids is 1. The van der Waals surface area contributed by atoms with E-state index >= 15 is 0 Å². The van der Waals surface area contributed by atoms with E-state index in [9.17, 15) is 9.18 Å². The van der Waals surface area contributed by atoms with E-state index in [0.29, 0.717) is 35.7 Å². The fourth-order valence-corrected chi connectivity index (χ4v) is 3.71. The molecule has 6 nitrogen and oxygen atoms in total. The fourth-order valence-electron chi connectivity index (χ4n) is 3.71. The SMILES string of the molecule is O=C(Cc1ccc2c(c1)OCO2)NCC1Cc2cc(-c3ccccn3)cc(F)c2O1. The van der Waals surface area contributed by atoms with Crippen LogP contribution < -0.4 is 19.5 Å². The van der Waals surface area contributed by atoms with Gasteiger partial charge in [0, 0.05) is 23.7 Å². The third-order valence-corrected chi connectivity index (χ3v) is 5.14. The van der Waals surface area contributed by atoms with E-state index < -0.39 is 5.82 Å². The van der Waals surface area contributed by atoms with Crippen molar-refractivity contribution in [1.29, 1.82) is 0 Å². The fraction of sp³-hybridized carbons (Fsp3) is 0.217. The van der Waals surface area contributed by atoms with Crippen molar-refractivity contribution < 1.29 is 23.4 Å². The minimum atomic E-state index is -0.415. The van der Waals surface area contributed by atoms with Crippen LogP contribution in [0.5, 0.6) is 17.2 Å². The molecular formula is C23H19FN2O4. The van der Waals surface area contributed by atoms with Crippen molar-refractivity contribution in [2.45, 2.75) is 18.9 Å². The minimum absolute atomic E-state index is 0.136. The molecule has 0 aliphatic carbocycles. The second-order valence-corrected chi connectivity index (χ2v) is 7.27. The van der Waals surface area contributed by atoms with Crippen LogP contribution >= 0.6 is 0 Å². The number of hydrogen-bond donors (Lipinski definition) is 1. The summed E-state index contributed by atoms with van der Waals surface area (Å²) in [5.41, 5.74) is 3.03. The Kier molecular flexibility index (Phi) is 4.71. The summed E-state index contributed by atoms with van der Waals surface area (Å²) < 4.78 is 30.9. The number of hydrogen-bond acceptors (Lipinski definition) is 5. The van der Waals surface area contributed by atoms with Crippen LogP contribution in [0.25, 0.3) is 11.3 Å². The minimum Gasteiger partial charge on any atom is -0.485 e. The van der Waals surface area contributed by atoms with Crippen molar-refractivity contribution in [1.82, 2.24) is 10.3 Å². The molecule has 3 aromatic rings. The van der Waals surface area contributed by atoms with Gasteiger partial charge < -0.3 is 19.5 Å². The predicted molar refractivity (Wildman–Crippen MR) is 107 cm³/mol. The number of nitrogens with zero attached hydrogens (tertiary/aromatic N) is 1. The number of ether oxygens (including phenoxy) is 3. The Morgan fingerprint density at radius 2 is 2.03 bits per heavy atom. The third-order valence-electron chi connectivity index (χ3n) is 5.14. The number of benzene rings is 2. The van der Waals surface area contributed by atoms with E-state index in [1.807, 2.05) is 30.3 Å². The van der Waals surface area contributed by atoms with Crippen molar-refractivity contribution in [2.24, 2.45) is 0 Å². The average Bonchev–Trinajstić information content (AvgIpc) is 3.39. The molecule has 1 amide bonds. The Morgan fingerprint density at radius 3 is 2.90 bits per heavy atom. The molecule has 1 aromatic heterocycles. The van der Waals surface area contributed by atoms with Gasteiger partial charge in [-0.3, -0.25) is 9.78 Å². The van der Waals surface area contributed by atoms with Crippen molar-refractivity contribution in [3.63, 3.8) is 0 Å². The highest BCUT2D eigenvalue weighted by Gasteiger charge is 2.27. The highest BCUT2D eigenvalue weighted by atomic mass is 19.1. The summed E-state index contributed by atoms with van der Waals surface area (Å²) >= 11 is 0. The van der Waals surface area contributed by atoms with Gasteiger partial charge >= 0.3 is 0 Å².